The van der Waals surface area contributed by atoms with E-state index in [0.29, 0.717) is 18.0 Å². The van der Waals surface area contributed by atoms with Crippen LogP contribution in [0.1, 0.15) is 32.0 Å². The molecule has 0 radical (unpaired) electrons. The predicted molar refractivity (Wildman–Crippen MR) is 76.0 cm³/mol. The molecule has 0 aliphatic heterocycles. The Hall–Kier alpha value is -1.68. The molecule has 0 amide bonds. The zero-order chi connectivity index (χ0) is 13.2. The Kier molecular flexibility index (Phi) is 3.34. The Balaban J connectivity index is 1.70. The highest BCUT2D eigenvalue weighted by Gasteiger charge is 2.35. The average Bonchev–Trinajstić information content (AvgIpc) is 3.15. The van der Waals surface area contributed by atoms with Crippen LogP contribution in [0.5, 0.6) is 0 Å². The van der Waals surface area contributed by atoms with Gasteiger partial charge in [-0.05, 0) is 30.9 Å². The molecule has 1 aromatic heterocycles. The third-order valence-corrected chi connectivity index (χ3v) is 3.78. The summed E-state index contributed by atoms with van der Waals surface area (Å²) in [7, 11) is 0. The molecule has 3 rings (SSSR count). The zero-order valence-corrected chi connectivity index (χ0v) is 11.1. The first-order valence-electron chi connectivity index (χ1n) is 6.99. The summed E-state index contributed by atoms with van der Waals surface area (Å²) in [6.45, 7) is 2.86. The summed E-state index contributed by atoms with van der Waals surface area (Å²) in [5, 5.41) is 4.12. The number of fused-ring (bicyclic) bond motifs is 1. The summed E-state index contributed by atoms with van der Waals surface area (Å²) in [5.41, 5.74) is 0.715. The minimum absolute atomic E-state index is 0.0525. The van der Waals surface area contributed by atoms with Crippen molar-refractivity contribution in [3.8, 4) is 0 Å². The first-order chi connectivity index (χ1) is 9.28. The number of benzene rings is 1. The van der Waals surface area contributed by atoms with Crippen molar-refractivity contribution in [2.75, 3.05) is 0 Å². The summed E-state index contributed by atoms with van der Waals surface area (Å²) >= 11 is 0. The van der Waals surface area contributed by atoms with E-state index in [1.54, 1.807) is 6.07 Å². The van der Waals surface area contributed by atoms with Crippen LogP contribution in [0.4, 0.5) is 0 Å². The summed E-state index contributed by atoms with van der Waals surface area (Å²) in [6.07, 6.45) is 3.79. The fourth-order valence-electron chi connectivity index (χ4n) is 2.63. The van der Waals surface area contributed by atoms with Gasteiger partial charge in [0, 0.05) is 6.04 Å². The smallest absolute Gasteiger partial charge is 0.258 e. The third kappa shape index (κ3) is 2.68. The van der Waals surface area contributed by atoms with Crippen LogP contribution in [0, 0.1) is 5.92 Å². The van der Waals surface area contributed by atoms with Gasteiger partial charge in [-0.25, -0.2) is 4.98 Å². The number of nitrogens with one attached hydrogen (secondary N) is 2. The Morgan fingerprint density at radius 1 is 1.42 bits per heavy atom. The molecule has 1 heterocycles. The van der Waals surface area contributed by atoms with E-state index in [2.05, 4.69) is 22.2 Å². The van der Waals surface area contributed by atoms with Gasteiger partial charge in [0.2, 0.25) is 0 Å². The average molecular weight is 257 g/mol. The van der Waals surface area contributed by atoms with Gasteiger partial charge < -0.3 is 10.3 Å². The van der Waals surface area contributed by atoms with Gasteiger partial charge in [0.25, 0.3) is 5.56 Å². The second kappa shape index (κ2) is 5.13. The van der Waals surface area contributed by atoms with E-state index in [-0.39, 0.29) is 5.56 Å². The Morgan fingerprint density at radius 2 is 2.26 bits per heavy atom. The highest BCUT2D eigenvalue weighted by molar-refractivity contribution is 5.77. The van der Waals surface area contributed by atoms with E-state index in [1.807, 2.05) is 18.2 Å². The first-order valence-corrected chi connectivity index (χ1v) is 6.99. The van der Waals surface area contributed by atoms with Crippen LogP contribution in [0.15, 0.2) is 29.1 Å². The Labute approximate surface area is 112 Å². The van der Waals surface area contributed by atoms with Gasteiger partial charge in [-0.1, -0.05) is 25.5 Å². The molecular formula is C15H19N3O. The number of H-pyrrole nitrogens is 1. The van der Waals surface area contributed by atoms with E-state index in [9.17, 15) is 4.79 Å². The number of hydrogen-bond acceptors (Lipinski definition) is 3. The van der Waals surface area contributed by atoms with Gasteiger partial charge in [0.1, 0.15) is 5.82 Å². The minimum atomic E-state index is -0.0525. The summed E-state index contributed by atoms with van der Waals surface area (Å²) in [4.78, 5) is 19.2. The topological polar surface area (TPSA) is 57.8 Å². The molecule has 100 valence electrons. The molecule has 2 atom stereocenters. The lowest BCUT2D eigenvalue weighted by Crippen LogP contribution is -2.22. The molecule has 1 saturated carbocycles. The van der Waals surface area contributed by atoms with Crippen molar-refractivity contribution in [1.29, 1.82) is 0 Å². The van der Waals surface area contributed by atoms with E-state index in [1.165, 1.54) is 19.3 Å². The van der Waals surface area contributed by atoms with Crippen molar-refractivity contribution in [3.05, 3.63) is 40.4 Å². The lowest BCUT2D eigenvalue weighted by atomic mass is 10.2. The van der Waals surface area contributed by atoms with Crippen LogP contribution in [0.2, 0.25) is 0 Å². The van der Waals surface area contributed by atoms with Crippen molar-refractivity contribution in [2.24, 2.45) is 5.92 Å². The van der Waals surface area contributed by atoms with Gasteiger partial charge in [-0.3, -0.25) is 4.79 Å². The molecule has 4 heteroatoms. The number of aromatic amines is 1. The molecule has 0 saturated heterocycles. The molecule has 1 aliphatic carbocycles. The number of hydrogen-bond donors (Lipinski definition) is 2. The molecular weight excluding hydrogens is 238 g/mol. The van der Waals surface area contributed by atoms with Gasteiger partial charge in [0.05, 0.1) is 17.4 Å². The molecule has 4 nitrogen and oxygen atoms in total. The fraction of sp³-hybridized carbons (Fsp3) is 0.467. The SMILES string of the molecule is CCCC1CC1NCc1nc2ccccc2c(=O)[nH]1. The quantitative estimate of drug-likeness (QED) is 0.863. The lowest BCUT2D eigenvalue weighted by Gasteiger charge is -2.05. The van der Waals surface area contributed by atoms with Gasteiger partial charge in [-0.2, -0.15) is 0 Å². The second-order valence-corrected chi connectivity index (χ2v) is 5.30. The van der Waals surface area contributed by atoms with Crippen LogP contribution in [-0.2, 0) is 6.54 Å². The summed E-state index contributed by atoms with van der Waals surface area (Å²) in [5.74, 6) is 1.54. The lowest BCUT2D eigenvalue weighted by molar-refractivity contribution is 0.587. The van der Waals surface area contributed by atoms with Crippen molar-refractivity contribution in [3.63, 3.8) is 0 Å². The van der Waals surface area contributed by atoms with Crippen LogP contribution in [-0.4, -0.2) is 16.0 Å². The molecule has 2 unspecified atom stereocenters. The standard InChI is InChI=1S/C15H19N3O/c1-2-5-10-8-13(10)16-9-14-17-12-7-4-3-6-11(12)15(19)18-14/h3-4,6-7,10,13,16H,2,5,8-9H2,1H3,(H,17,18,19). The van der Waals surface area contributed by atoms with Crippen molar-refractivity contribution >= 4 is 10.9 Å². The number of nitrogens with zero attached hydrogens (tertiary/aromatic N) is 1. The summed E-state index contributed by atoms with van der Waals surface area (Å²) in [6, 6.07) is 8.06. The summed E-state index contributed by atoms with van der Waals surface area (Å²) < 4.78 is 0. The molecule has 19 heavy (non-hydrogen) atoms. The molecule has 2 N–H and O–H groups in total. The largest absolute Gasteiger partial charge is 0.309 e. The van der Waals surface area contributed by atoms with E-state index in [4.69, 9.17) is 0 Å². The third-order valence-electron chi connectivity index (χ3n) is 3.78. The van der Waals surface area contributed by atoms with Crippen LogP contribution in [0.25, 0.3) is 10.9 Å². The van der Waals surface area contributed by atoms with E-state index >= 15 is 0 Å². The highest BCUT2D eigenvalue weighted by Crippen LogP contribution is 2.34. The fourth-order valence-corrected chi connectivity index (χ4v) is 2.63. The zero-order valence-electron chi connectivity index (χ0n) is 11.1. The van der Waals surface area contributed by atoms with Crippen molar-refractivity contribution < 1.29 is 0 Å². The molecule has 0 bridgehead atoms. The van der Waals surface area contributed by atoms with E-state index in [0.717, 1.165) is 17.3 Å². The molecule has 2 aromatic rings. The van der Waals surface area contributed by atoms with Gasteiger partial charge in [-0.15, -0.1) is 0 Å². The van der Waals surface area contributed by atoms with Gasteiger partial charge >= 0.3 is 0 Å². The number of aromatic nitrogens is 2. The maximum atomic E-state index is 11.9. The Bertz CT molecular complexity index is 635. The predicted octanol–water partition coefficient (Wildman–Crippen LogP) is 2.20. The maximum absolute atomic E-state index is 11.9. The molecule has 0 spiro atoms. The number of para-hydroxylation sites is 1. The van der Waals surface area contributed by atoms with Crippen LogP contribution < -0.4 is 10.9 Å². The first kappa shape index (κ1) is 12.4. The second-order valence-electron chi connectivity index (χ2n) is 5.30. The van der Waals surface area contributed by atoms with Crippen molar-refractivity contribution in [1.82, 2.24) is 15.3 Å². The highest BCUT2D eigenvalue weighted by atomic mass is 16.1. The van der Waals surface area contributed by atoms with Crippen molar-refractivity contribution in [2.45, 2.75) is 38.8 Å². The Morgan fingerprint density at radius 3 is 3.11 bits per heavy atom. The minimum Gasteiger partial charge on any atom is -0.309 e. The molecule has 1 aliphatic rings. The number of rotatable bonds is 5. The van der Waals surface area contributed by atoms with Crippen LogP contribution >= 0.6 is 0 Å². The van der Waals surface area contributed by atoms with Gasteiger partial charge in [0.15, 0.2) is 0 Å². The van der Waals surface area contributed by atoms with Crippen LogP contribution in [0.3, 0.4) is 0 Å². The van der Waals surface area contributed by atoms with E-state index < -0.39 is 0 Å². The monoisotopic (exact) mass is 257 g/mol. The molecule has 1 fully saturated rings. The molecule has 1 aromatic carbocycles. The maximum Gasteiger partial charge on any atom is 0.258 e. The normalized spacial score (nSPS) is 21.7.